The Hall–Kier alpha value is -2.86. The van der Waals surface area contributed by atoms with Gasteiger partial charge in [-0.3, -0.25) is 9.89 Å². The number of nitrogen functional groups attached to an aromatic ring is 1. The second kappa shape index (κ2) is 6.39. The van der Waals surface area contributed by atoms with Gasteiger partial charge in [0.05, 0.1) is 5.52 Å². The average Bonchev–Trinajstić information content (AvgIpc) is 3.09. The van der Waals surface area contributed by atoms with Crippen molar-refractivity contribution in [3.63, 3.8) is 0 Å². The highest BCUT2D eigenvalue weighted by molar-refractivity contribution is 5.97. The molecule has 1 amide bonds. The number of amides is 1. The SMILES string of the molecule is Nc1n[nH]c2ccc(-c3cccc(C(=O)N[C@H]4CN5CCC4CC5)c3)cc12. The van der Waals surface area contributed by atoms with Crippen molar-refractivity contribution < 1.29 is 4.79 Å². The van der Waals surface area contributed by atoms with Gasteiger partial charge in [0.2, 0.25) is 0 Å². The Kier molecular flexibility index (Phi) is 3.86. The normalized spacial score (nSPS) is 24.2. The summed E-state index contributed by atoms with van der Waals surface area (Å²) in [6, 6.07) is 14.0. The molecule has 138 valence electrons. The lowest BCUT2D eigenvalue weighted by atomic mass is 9.84. The Morgan fingerprint density at radius 1 is 1.15 bits per heavy atom. The van der Waals surface area contributed by atoms with E-state index in [4.69, 9.17) is 5.73 Å². The van der Waals surface area contributed by atoms with Crippen molar-refractivity contribution in [2.45, 2.75) is 18.9 Å². The molecule has 2 bridgehead atoms. The molecular formula is C21H23N5O. The Morgan fingerprint density at radius 3 is 2.74 bits per heavy atom. The highest BCUT2D eigenvalue weighted by Crippen LogP contribution is 2.29. The van der Waals surface area contributed by atoms with E-state index in [1.54, 1.807) is 0 Å². The number of carbonyl (C=O) groups is 1. The summed E-state index contributed by atoms with van der Waals surface area (Å²) in [5.74, 6) is 1.12. The zero-order valence-corrected chi connectivity index (χ0v) is 15.1. The maximum atomic E-state index is 12.8. The van der Waals surface area contributed by atoms with E-state index in [2.05, 4.69) is 20.4 Å². The first-order valence-electron chi connectivity index (χ1n) is 9.54. The molecule has 3 aliphatic rings. The molecule has 3 saturated heterocycles. The predicted octanol–water partition coefficient (Wildman–Crippen LogP) is 2.64. The van der Waals surface area contributed by atoms with Gasteiger partial charge in [0.1, 0.15) is 0 Å². The van der Waals surface area contributed by atoms with Crippen LogP contribution in [0.25, 0.3) is 22.0 Å². The number of benzene rings is 2. The maximum absolute atomic E-state index is 12.8. The van der Waals surface area contributed by atoms with Gasteiger partial charge in [0.15, 0.2) is 5.82 Å². The number of H-pyrrole nitrogens is 1. The Labute approximate surface area is 157 Å². The maximum Gasteiger partial charge on any atom is 0.251 e. The summed E-state index contributed by atoms with van der Waals surface area (Å²) in [5, 5.41) is 11.1. The number of aromatic amines is 1. The third kappa shape index (κ3) is 2.96. The second-order valence-electron chi connectivity index (χ2n) is 7.67. The topological polar surface area (TPSA) is 87.0 Å². The lowest BCUT2D eigenvalue weighted by Crippen LogP contribution is -2.57. The van der Waals surface area contributed by atoms with Crippen molar-refractivity contribution in [3.05, 3.63) is 48.0 Å². The summed E-state index contributed by atoms with van der Waals surface area (Å²) in [6.45, 7) is 3.32. The summed E-state index contributed by atoms with van der Waals surface area (Å²) < 4.78 is 0. The number of anilines is 1. The van der Waals surface area contributed by atoms with Crippen molar-refractivity contribution in [2.24, 2.45) is 5.92 Å². The van der Waals surface area contributed by atoms with Gasteiger partial charge in [-0.1, -0.05) is 18.2 Å². The molecule has 4 N–H and O–H groups in total. The number of fused-ring (bicyclic) bond motifs is 4. The van der Waals surface area contributed by atoms with Gasteiger partial charge < -0.3 is 16.0 Å². The van der Waals surface area contributed by atoms with E-state index in [9.17, 15) is 4.79 Å². The quantitative estimate of drug-likeness (QED) is 0.669. The van der Waals surface area contributed by atoms with Crippen molar-refractivity contribution in [1.82, 2.24) is 20.4 Å². The zero-order chi connectivity index (χ0) is 18.4. The minimum Gasteiger partial charge on any atom is -0.382 e. The van der Waals surface area contributed by atoms with Crippen LogP contribution in [-0.2, 0) is 0 Å². The molecule has 0 radical (unpaired) electrons. The summed E-state index contributed by atoms with van der Waals surface area (Å²) in [6.07, 6.45) is 2.38. The molecule has 3 fully saturated rings. The van der Waals surface area contributed by atoms with Crippen LogP contribution in [0.5, 0.6) is 0 Å². The van der Waals surface area contributed by atoms with Crippen molar-refractivity contribution in [2.75, 3.05) is 25.4 Å². The molecule has 0 spiro atoms. The number of nitrogens with one attached hydrogen (secondary N) is 2. The summed E-state index contributed by atoms with van der Waals surface area (Å²) in [7, 11) is 0. The van der Waals surface area contributed by atoms with Gasteiger partial charge in [-0.05, 0) is 67.2 Å². The molecular weight excluding hydrogens is 338 g/mol. The third-order valence-corrected chi connectivity index (χ3v) is 6.02. The number of aromatic nitrogens is 2. The number of hydrogen-bond acceptors (Lipinski definition) is 4. The van der Waals surface area contributed by atoms with E-state index in [1.807, 2.05) is 42.5 Å². The van der Waals surface area contributed by atoms with Crippen molar-refractivity contribution in [1.29, 1.82) is 0 Å². The number of rotatable bonds is 3. The van der Waals surface area contributed by atoms with E-state index >= 15 is 0 Å². The van der Waals surface area contributed by atoms with Crippen LogP contribution in [0.1, 0.15) is 23.2 Å². The van der Waals surface area contributed by atoms with Gasteiger partial charge in [0.25, 0.3) is 5.91 Å². The van der Waals surface area contributed by atoms with Crippen LogP contribution in [0.15, 0.2) is 42.5 Å². The molecule has 0 aliphatic carbocycles. The number of piperidine rings is 3. The number of nitrogens with zero attached hydrogens (tertiary/aromatic N) is 2. The van der Waals surface area contributed by atoms with Gasteiger partial charge in [-0.2, -0.15) is 5.10 Å². The highest BCUT2D eigenvalue weighted by atomic mass is 16.1. The molecule has 0 unspecified atom stereocenters. The fraction of sp³-hybridized carbons (Fsp3) is 0.333. The Balaban J connectivity index is 1.39. The molecule has 2 aromatic carbocycles. The van der Waals surface area contributed by atoms with Gasteiger partial charge in [-0.25, -0.2) is 0 Å². The van der Waals surface area contributed by atoms with Crippen molar-refractivity contribution >= 4 is 22.6 Å². The molecule has 1 atom stereocenters. The number of nitrogens with two attached hydrogens (primary N) is 1. The largest absolute Gasteiger partial charge is 0.382 e. The van der Waals surface area contributed by atoms with E-state index in [1.165, 1.54) is 25.9 Å². The van der Waals surface area contributed by atoms with Crippen LogP contribution in [0, 0.1) is 5.92 Å². The lowest BCUT2D eigenvalue weighted by Gasteiger charge is -2.44. The third-order valence-electron chi connectivity index (χ3n) is 6.02. The molecule has 4 heterocycles. The van der Waals surface area contributed by atoms with Crippen LogP contribution in [0.3, 0.4) is 0 Å². The standard InChI is InChI=1S/C21H23N5O/c22-20-17-11-15(4-5-18(17)24-25-20)14-2-1-3-16(10-14)21(27)23-19-12-26-8-6-13(19)7-9-26/h1-5,10-11,13,19H,6-9,12H2,(H,23,27)(H3,22,24,25)/t19-/m0/s1. The van der Waals surface area contributed by atoms with E-state index < -0.39 is 0 Å². The summed E-state index contributed by atoms with van der Waals surface area (Å²) in [4.78, 5) is 15.3. The molecule has 3 aromatic rings. The molecule has 6 heteroatoms. The first-order valence-corrected chi connectivity index (χ1v) is 9.54. The Morgan fingerprint density at radius 2 is 1.96 bits per heavy atom. The number of carbonyl (C=O) groups excluding carboxylic acids is 1. The molecule has 6 nitrogen and oxygen atoms in total. The molecule has 27 heavy (non-hydrogen) atoms. The smallest absolute Gasteiger partial charge is 0.251 e. The van der Waals surface area contributed by atoms with E-state index in [-0.39, 0.29) is 11.9 Å². The number of hydrogen-bond donors (Lipinski definition) is 3. The monoisotopic (exact) mass is 361 g/mol. The van der Waals surface area contributed by atoms with Crippen LogP contribution >= 0.6 is 0 Å². The van der Waals surface area contributed by atoms with Crippen LogP contribution in [-0.4, -0.2) is 46.7 Å². The van der Waals surface area contributed by atoms with Crippen LogP contribution in [0.2, 0.25) is 0 Å². The first kappa shape index (κ1) is 16.3. The van der Waals surface area contributed by atoms with E-state index in [0.717, 1.165) is 28.6 Å². The highest BCUT2D eigenvalue weighted by Gasteiger charge is 2.34. The average molecular weight is 361 g/mol. The van der Waals surface area contributed by atoms with E-state index in [0.29, 0.717) is 17.3 Å². The van der Waals surface area contributed by atoms with Crippen molar-refractivity contribution in [3.8, 4) is 11.1 Å². The molecule has 3 aliphatic heterocycles. The van der Waals surface area contributed by atoms with Crippen LogP contribution in [0.4, 0.5) is 5.82 Å². The fourth-order valence-corrected chi connectivity index (χ4v) is 4.43. The second-order valence-corrected chi connectivity index (χ2v) is 7.67. The lowest BCUT2D eigenvalue weighted by molar-refractivity contribution is 0.0620. The minimum absolute atomic E-state index is 0.0134. The van der Waals surface area contributed by atoms with Gasteiger partial charge in [-0.15, -0.1) is 0 Å². The summed E-state index contributed by atoms with van der Waals surface area (Å²) in [5.41, 5.74) is 9.55. The van der Waals surface area contributed by atoms with Gasteiger partial charge in [0, 0.05) is 23.5 Å². The molecule has 0 saturated carbocycles. The fourth-order valence-electron chi connectivity index (χ4n) is 4.43. The first-order chi connectivity index (χ1) is 13.2. The predicted molar refractivity (Wildman–Crippen MR) is 106 cm³/mol. The summed E-state index contributed by atoms with van der Waals surface area (Å²) >= 11 is 0. The molecule has 1 aromatic heterocycles. The van der Waals surface area contributed by atoms with Crippen LogP contribution < -0.4 is 11.1 Å². The Bertz CT molecular complexity index is 1000. The minimum atomic E-state index is 0.0134. The van der Waals surface area contributed by atoms with Gasteiger partial charge >= 0.3 is 0 Å². The zero-order valence-electron chi connectivity index (χ0n) is 15.1. The molecule has 6 rings (SSSR count).